The van der Waals surface area contributed by atoms with Crippen LogP contribution in [0.5, 0.6) is 5.75 Å². The monoisotopic (exact) mass is 383 g/mol. The third kappa shape index (κ3) is 4.01. The zero-order valence-electron chi connectivity index (χ0n) is 14.8. The molecule has 3 N–H and O–H groups in total. The minimum atomic E-state index is -3.69. The second-order valence-corrected chi connectivity index (χ2v) is 8.47. The zero-order chi connectivity index (χ0) is 18.7. The van der Waals surface area contributed by atoms with Crippen LogP contribution in [0.4, 0.5) is 0 Å². The molecule has 26 heavy (non-hydrogen) atoms. The molecule has 1 saturated carbocycles. The molecule has 1 aliphatic heterocycles. The van der Waals surface area contributed by atoms with Crippen LogP contribution in [0.3, 0.4) is 0 Å². The average Bonchev–Trinajstić information content (AvgIpc) is 3.51. The Kier molecular flexibility index (Phi) is 5.81. The highest BCUT2D eigenvalue weighted by Crippen LogP contribution is 2.33. The van der Waals surface area contributed by atoms with Crippen molar-refractivity contribution < 1.29 is 22.7 Å². The van der Waals surface area contributed by atoms with Gasteiger partial charge in [-0.15, -0.1) is 0 Å². The van der Waals surface area contributed by atoms with Crippen molar-refractivity contribution in [3.8, 4) is 5.75 Å². The summed E-state index contributed by atoms with van der Waals surface area (Å²) in [6, 6.07) is 4.24. The smallest absolute Gasteiger partial charge is 0.255 e. The van der Waals surface area contributed by atoms with E-state index in [1.807, 2.05) is 0 Å². The van der Waals surface area contributed by atoms with Crippen LogP contribution in [-0.4, -0.2) is 64.6 Å². The Morgan fingerprint density at radius 3 is 2.65 bits per heavy atom. The molecule has 0 bridgehead atoms. The van der Waals surface area contributed by atoms with Crippen molar-refractivity contribution in [2.75, 3.05) is 40.0 Å². The van der Waals surface area contributed by atoms with Crippen LogP contribution in [0.2, 0.25) is 0 Å². The van der Waals surface area contributed by atoms with Crippen LogP contribution in [-0.2, 0) is 14.8 Å². The highest BCUT2D eigenvalue weighted by molar-refractivity contribution is 7.89. The quantitative estimate of drug-likeness (QED) is 0.695. The van der Waals surface area contributed by atoms with E-state index in [0.717, 1.165) is 12.8 Å². The molecule has 1 atom stereocenters. The summed E-state index contributed by atoms with van der Waals surface area (Å²) in [6.07, 6.45) is 2.09. The third-order valence-corrected chi connectivity index (χ3v) is 6.68. The summed E-state index contributed by atoms with van der Waals surface area (Å²) in [7, 11) is -2.24. The van der Waals surface area contributed by atoms with Crippen LogP contribution >= 0.6 is 0 Å². The number of methoxy groups -OCH3 is 1. The summed E-state index contributed by atoms with van der Waals surface area (Å²) in [5, 5.41) is 2.91. The first-order valence-electron chi connectivity index (χ1n) is 8.74. The molecule has 1 unspecified atom stereocenters. The van der Waals surface area contributed by atoms with E-state index in [9.17, 15) is 13.2 Å². The summed E-state index contributed by atoms with van der Waals surface area (Å²) in [5.74, 6) is 0.355. The molecule has 0 spiro atoms. The predicted molar refractivity (Wildman–Crippen MR) is 95.6 cm³/mol. The third-order valence-electron chi connectivity index (χ3n) is 4.78. The second-order valence-electron chi connectivity index (χ2n) is 6.53. The Labute approximate surface area is 153 Å². The van der Waals surface area contributed by atoms with Crippen LogP contribution < -0.4 is 15.8 Å². The van der Waals surface area contributed by atoms with Crippen molar-refractivity contribution in [3.63, 3.8) is 0 Å². The summed E-state index contributed by atoms with van der Waals surface area (Å²) in [6.45, 7) is 1.68. The first-order valence-corrected chi connectivity index (χ1v) is 10.2. The Hall–Kier alpha value is -1.68. The maximum absolute atomic E-state index is 12.8. The fraction of sp³-hybridized carbons (Fsp3) is 0.588. The number of benzene rings is 1. The van der Waals surface area contributed by atoms with E-state index in [4.69, 9.17) is 15.2 Å². The number of nitrogens with two attached hydrogens (primary N) is 1. The van der Waals surface area contributed by atoms with E-state index in [-0.39, 0.29) is 22.4 Å². The minimum absolute atomic E-state index is 0.0704. The molecule has 3 rings (SSSR count). The second kappa shape index (κ2) is 7.91. The predicted octanol–water partition coefficient (Wildman–Crippen LogP) is 0.183. The molecule has 1 heterocycles. The highest BCUT2D eigenvalue weighted by Gasteiger charge is 2.33. The molecule has 2 fully saturated rings. The van der Waals surface area contributed by atoms with Crippen LogP contribution in [0.15, 0.2) is 23.1 Å². The molecule has 1 aliphatic carbocycles. The summed E-state index contributed by atoms with van der Waals surface area (Å²) in [5.41, 5.74) is 5.94. The lowest BCUT2D eigenvalue weighted by atomic mass is 10.1. The van der Waals surface area contributed by atoms with Gasteiger partial charge in [0.05, 0.1) is 30.8 Å². The molecule has 0 aromatic heterocycles. The van der Waals surface area contributed by atoms with Crippen LogP contribution in [0.1, 0.15) is 23.2 Å². The molecule has 0 radical (unpaired) electrons. The summed E-state index contributed by atoms with van der Waals surface area (Å²) in [4.78, 5) is 12.8. The number of sulfonamides is 1. The van der Waals surface area contributed by atoms with Gasteiger partial charge in [0, 0.05) is 25.7 Å². The lowest BCUT2D eigenvalue weighted by Crippen LogP contribution is -2.42. The van der Waals surface area contributed by atoms with E-state index in [2.05, 4.69) is 5.32 Å². The number of ether oxygens (including phenoxy) is 2. The summed E-state index contributed by atoms with van der Waals surface area (Å²) >= 11 is 0. The number of carbonyl (C=O) groups excluding carboxylic acids is 1. The van der Waals surface area contributed by atoms with Crippen molar-refractivity contribution in [2.24, 2.45) is 11.7 Å². The molecule has 1 aromatic rings. The van der Waals surface area contributed by atoms with Crippen molar-refractivity contribution in [1.82, 2.24) is 9.62 Å². The minimum Gasteiger partial charge on any atom is -0.496 e. The molecule has 2 aliphatic rings. The summed E-state index contributed by atoms with van der Waals surface area (Å²) < 4.78 is 37.5. The van der Waals surface area contributed by atoms with E-state index in [1.165, 1.54) is 29.6 Å². The number of nitrogens with one attached hydrogen (secondary N) is 1. The Morgan fingerprint density at radius 2 is 2.08 bits per heavy atom. The van der Waals surface area contributed by atoms with Gasteiger partial charge in [-0.2, -0.15) is 4.31 Å². The van der Waals surface area contributed by atoms with Gasteiger partial charge in [0.25, 0.3) is 5.91 Å². The highest BCUT2D eigenvalue weighted by atomic mass is 32.2. The van der Waals surface area contributed by atoms with Gasteiger partial charge in [0.2, 0.25) is 10.0 Å². The Morgan fingerprint density at radius 1 is 1.38 bits per heavy atom. The average molecular weight is 383 g/mol. The van der Waals surface area contributed by atoms with Gasteiger partial charge in [-0.3, -0.25) is 4.79 Å². The van der Waals surface area contributed by atoms with E-state index < -0.39 is 10.0 Å². The van der Waals surface area contributed by atoms with Crippen LogP contribution in [0.25, 0.3) is 0 Å². The van der Waals surface area contributed by atoms with Crippen LogP contribution in [0, 0.1) is 5.92 Å². The number of carbonyl (C=O) groups is 1. The number of hydrogen-bond acceptors (Lipinski definition) is 6. The van der Waals surface area contributed by atoms with Crippen molar-refractivity contribution >= 4 is 15.9 Å². The maximum atomic E-state index is 12.8. The van der Waals surface area contributed by atoms with Gasteiger partial charge >= 0.3 is 0 Å². The maximum Gasteiger partial charge on any atom is 0.255 e. The number of rotatable bonds is 7. The molecule has 1 saturated heterocycles. The fourth-order valence-corrected chi connectivity index (χ4v) is 4.51. The molecular weight excluding hydrogens is 358 g/mol. The van der Waals surface area contributed by atoms with Gasteiger partial charge in [0.1, 0.15) is 5.75 Å². The lowest BCUT2D eigenvalue weighted by molar-refractivity contribution is 0.0730. The SMILES string of the molecule is COc1ccc(S(=O)(=O)N2CCOCC2)cc1C(=O)NC(CN)C1CC1. The van der Waals surface area contributed by atoms with E-state index in [0.29, 0.717) is 44.5 Å². The first kappa shape index (κ1) is 19.1. The van der Waals surface area contributed by atoms with E-state index in [1.54, 1.807) is 0 Å². The number of hydrogen-bond donors (Lipinski definition) is 2. The van der Waals surface area contributed by atoms with Gasteiger partial charge < -0.3 is 20.5 Å². The van der Waals surface area contributed by atoms with Gasteiger partial charge in [-0.25, -0.2) is 8.42 Å². The zero-order valence-corrected chi connectivity index (χ0v) is 15.6. The Bertz CT molecular complexity index is 758. The molecule has 9 heteroatoms. The number of amides is 1. The van der Waals surface area contributed by atoms with Gasteiger partial charge in [0.15, 0.2) is 0 Å². The molecule has 1 aromatic carbocycles. The fourth-order valence-electron chi connectivity index (χ4n) is 3.07. The van der Waals surface area contributed by atoms with Gasteiger partial charge in [-0.1, -0.05) is 0 Å². The van der Waals surface area contributed by atoms with Crippen molar-refractivity contribution in [1.29, 1.82) is 0 Å². The van der Waals surface area contributed by atoms with E-state index >= 15 is 0 Å². The normalized spacial score (nSPS) is 19.8. The topological polar surface area (TPSA) is 111 Å². The lowest BCUT2D eigenvalue weighted by Gasteiger charge is -2.26. The first-order chi connectivity index (χ1) is 12.5. The molecule has 8 nitrogen and oxygen atoms in total. The standard InChI is InChI=1S/C17H25N3O5S/c1-24-16-5-4-13(26(22,23)20-6-8-25-9-7-20)10-14(16)17(21)19-15(11-18)12-2-3-12/h4-5,10,12,15H,2-3,6-9,11,18H2,1H3,(H,19,21). The number of morpholine rings is 1. The molecule has 144 valence electrons. The largest absolute Gasteiger partial charge is 0.496 e. The number of nitrogens with zero attached hydrogens (tertiary/aromatic N) is 1. The van der Waals surface area contributed by atoms with Crippen molar-refractivity contribution in [2.45, 2.75) is 23.8 Å². The Balaban J connectivity index is 1.87. The molecular formula is C17H25N3O5S. The van der Waals surface area contributed by atoms with Crippen molar-refractivity contribution in [3.05, 3.63) is 23.8 Å². The molecule has 1 amide bonds. The van der Waals surface area contributed by atoms with Gasteiger partial charge in [-0.05, 0) is 37.0 Å².